The Kier molecular flexibility index (Phi) is 4.02. The molecule has 118 valence electrons. The number of nitrogens with zero attached hydrogens (tertiary/aromatic N) is 4. The van der Waals surface area contributed by atoms with Crippen molar-refractivity contribution in [3.05, 3.63) is 65.1 Å². The van der Waals surface area contributed by atoms with Gasteiger partial charge in [0.2, 0.25) is 0 Å². The smallest absolute Gasteiger partial charge is 0.160 e. The minimum atomic E-state index is 0.431. The molecule has 1 aliphatic heterocycles. The van der Waals surface area contributed by atoms with Crippen LogP contribution in [0.15, 0.2) is 48.7 Å². The van der Waals surface area contributed by atoms with Gasteiger partial charge in [0.1, 0.15) is 5.82 Å². The Bertz CT molecular complexity index is 813. The molecule has 1 saturated heterocycles. The summed E-state index contributed by atoms with van der Waals surface area (Å²) in [6, 6.07) is 14.2. The Morgan fingerprint density at radius 1 is 1.13 bits per heavy atom. The van der Waals surface area contributed by atoms with Gasteiger partial charge < -0.3 is 0 Å². The van der Waals surface area contributed by atoms with Crippen molar-refractivity contribution in [2.75, 3.05) is 13.1 Å². The summed E-state index contributed by atoms with van der Waals surface area (Å²) in [5.74, 6) is 1.51. The van der Waals surface area contributed by atoms with E-state index in [0.29, 0.717) is 5.92 Å². The van der Waals surface area contributed by atoms with Crippen LogP contribution in [0.5, 0.6) is 0 Å². The number of piperidine rings is 1. The molecule has 1 atom stereocenters. The van der Waals surface area contributed by atoms with Gasteiger partial charge in [-0.15, -0.1) is 10.2 Å². The van der Waals surface area contributed by atoms with Crippen molar-refractivity contribution in [3.63, 3.8) is 0 Å². The molecule has 0 N–H and O–H groups in total. The normalized spacial score (nSPS) is 19.3. The molecular formula is C18H19ClN4. The maximum atomic E-state index is 6.10. The van der Waals surface area contributed by atoms with Crippen molar-refractivity contribution in [3.8, 4) is 0 Å². The van der Waals surface area contributed by atoms with Crippen LogP contribution in [0.2, 0.25) is 5.02 Å². The highest BCUT2D eigenvalue weighted by molar-refractivity contribution is 6.30. The first-order chi connectivity index (χ1) is 11.3. The van der Waals surface area contributed by atoms with E-state index >= 15 is 0 Å². The highest BCUT2D eigenvalue weighted by Gasteiger charge is 2.25. The Morgan fingerprint density at radius 2 is 2.09 bits per heavy atom. The van der Waals surface area contributed by atoms with Crippen LogP contribution in [0, 0.1) is 0 Å². The first-order valence-electron chi connectivity index (χ1n) is 8.06. The SMILES string of the molecule is Clc1cccc(CN2CCC[C@@H](c3nnc4ccccn34)C2)c1. The summed E-state index contributed by atoms with van der Waals surface area (Å²) in [6.07, 6.45) is 4.41. The van der Waals surface area contributed by atoms with Crippen LogP contribution in [0.4, 0.5) is 0 Å². The van der Waals surface area contributed by atoms with Gasteiger partial charge in [0.15, 0.2) is 5.65 Å². The van der Waals surface area contributed by atoms with Crippen molar-refractivity contribution in [1.29, 1.82) is 0 Å². The van der Waals surface area contributed by atoms with Gasteiger partial charge in [-0.2, -0.15) is 0 Å². The van der Waals surface area contributed by atoms with Crippen LogP contribution < -0.4 is 0 Å². The lowest BCUT2D eigenvalue weighted by atomic mass is 9.96. The third-order valence-corrected chi connectivity index (χ3v) is 4.74. The second-order valence-corrected chi connectivity index (χ2v) is 6.63. The summed E-state index contributed by atoms with van der Waals surface area (Å²) in [5.41, 5.74) is 2.19. The van der Waals surface area contributed by atoms with Gasteiger partial charge >= 0.3 is 0 Å². The van der Waals surface area contributed by atoms with Gasteiger partial charge in [0.25, 0.3) is 0 Å². The Hall–Kier alpha value is -1.91. The number of hydrogen-bond donors (Lipinski definition) is 0. The largest absolute Gasteiger partial charge is 0.298 e. The molecule has 3 heterocycles. The molecule has 1 fully saturated rings. The summed E-state index contributed by atoms with van der Waals surface area (Å²) in [6.45, 7) is 3.08. The fraction of sp³-hybridized carbons (Fsp3) is 0.333. The lowest BCUT2D eigenvalue weighted by molar-refractivity contribution is 0.196. The summed E-state index contributed by atoms with van der Waals surface area (Å²) in [7, 11) is 0. The first-order valence-corrected chi connectivity index (χ1v) is 8.44. The lowest BCUT2D eigenvalue weighted by Gasteiger charge is -2.32. The minimum absolute atomic E-state index is 0.431. The number of fused-ring (bicyclic) bond motifs is 1. The molecule has 23 heavy (non-hydrogen) atoms. The molecule has 1 aliphatic rings. The predicted molar refractivity (Wildman–Crippen MR) is 91.7 cm³/mol. The maximum absolute atomic E-state index is 6.10. The molecule has 0 saturated carbocycles. The van der Waals surface area contributed by atoms with E-state index in [2.05, 4.69) is 37.8 Å². The third kappa shape index (κ3) is 3.09. The topological polar surface area (TPSA) is 33.4 Å². The van der Waals surface area contributed by atoms with E-state index < -0.39 is 0 Å². The Morgan fingerprint density at radius 3 is 3.00 bits per heavy atom. The fourth-order valence-corrected chi connectivity index (χ4v) is 3.65. The Balaban J connectivity index is 1.53. The standard InChI is InChI=1S/C18H19ClN4/c19-16-7-3-5-14(11-16)12-22-9-4-6-15(13-22)18-21-20-17-8-1-2-10-23(17)18/h1-3,5,7-8,10-11,15H,4,6,9,12-13H2/t15-/m1/s1. The van der Waals surface area contributed by atoms with E-state index in [4.69, 9.17) is 11.6 Å². The number of pyridine rings is 1. The van der Waals surface area contributed by atoms with Crippen molar-refractivity contribution in [2.45, 2.75) is 25.3 Å². The maximum Gasteiger partial charge on any atom is 0.160 e. The van der Waals surface area contributed by atoms with Gasteiger partial charge in [-0.3, -0.25) is 9.30 Å². The summed E-state index contributed by atoms with van der Waals surface area (Å²) in [4.78, 5) is 2.49. The first kappa shape index (κ1) is 14.7. The molecular weight excluding hydrogens is 308 g/mol. The minimum Gasteiger partial charge on any atom is -0.298 e. The molecule has 0 aliphatic carbocycles. The zero-order chi connectivity index (χ0) is 15.6. The number of rotatable bonds is 3. The highest BCUT2D eigenvalue weighted by Crippen LogP contribution is 2.27. The fourth-order valence-electron chi connectivity index (χ4n) is 3.44. The average molecular weight is 327 g/mol. The average Bonchev–Trinajstić information content (AvgIpc) is 2.99. The van der Waals surface area contributed by atoms with E-state index in [1.807, 2.05) is 30.3 Å². The number of aromatic nitrogens is 3. The molecule has 0 spiro atoms. The quantitative estimate of drug-likeness (QED) is 0.734. The molecule has 0 amide bonds. The van der Waals surface area contributed by atoms with E-state index in [1.165, 1.54) is 18.4 Å². The van der Waals surface area contributed by atoms with Gasteiger partial charge in [0, 0.05) is 30.2 Å². The number of likely N-dealkylation sites (tertiary alicyclic amines) is 1. The molecule has 3 aromatic rings. The van der Waals surface area contributed by atoms with Crippen molar-refractivity contribution in [2.24, 2.45) is 0 Å². The summed E-state index contributed by atoms with van der Waals surface area (Å²) < 4.78 is 2.12. The zero-order valence-electron chi connectivity index (χ0n) is 12.9. The Labute approximate surface area is 140 Å². The van der Waals surface area contributed by atoms with Gasteiger partial charge in [-0.25, -0.2) is 0 Å². The van der Waals surface area contributed by atoms with Gasteiger partial charge in [-0.05, 0) is 49.2 Å². The monoisotopic (exact) mass is 326 g/mol. The van der Waals surface area contributed by atoms with Crippen LogP contribution in [0.3, 0.4) is 0 Å². The number of benzene rings is 1. The highest BCUT2D eigenvalue weighted by atomic mass is 35.5. The van der Waals surface area contributed by atoms with Crippen molar-refractivity contribution < 1.29 is 0 Å². The molecule has 1 aromatic carbocycles. The molecule has 5 heteroatoms. The summed E-state index contributed by atoms with van der Waals surface area (Å²) >= 11 is 6.10. The van der Waals surface area contributed by atoms with Gasteiger partial charge in [0.05, 0.1) is 0 Å². The van der Waals surface area contributed by atoms with Crippen LogP contribution >= 0.6 is 11.6 Å². The second kappa shape index (κ2) is 6.30. The second-order valence-electron chi connectivity index (χ2n) is 6.19. The number of hydrogen-bond acceptors (Lipinski definition) is 3. The van der Waals surface area contributed by atoms with E-state index in [0.717, 1.165) is 36.1 Å². The van der Waals surface area contributed by atoms with Crippen molar-refractivity contribution >= 4 is 17.2 Å². The molecule has 0 unspecified atom stereocenters. The van der Waals surface area contributed by atoms with Crippen LogP contribution in [-0.4, -0.2) is 32.6 Å². The molecule has 0 bridgehead atoms. The summed E-state index contributed by atoms with van der Waals surface area (Å²) in [5, 5.41) is 9.54. The van der Waals surface area contributed by atoms with E-state index in [9.17, 15) is 0 Å². The van der Waals surface area contributed by atoms with Crippen molar-refractivity contribution in [1.82, 2.24) is 19.5 Å². The zero-order valence-corrected chi connectivity index (χ0v) is 13.7. The van der Waals surface area contributed by atoms with Crippen LogP contribution in [0.25, 0.3) is 5.65 Å². The lowest BCUT2D eigenvalue weighted by Crippen LogP contribution is -2.34. The van der Waals surface area contributed by atoms with E-state index in [-0.39, 0.29) is 0 Å². The molecule has 0 radical (unpaired) electrons. The molecule has 4 nitrogen and oxygen atoms in total. The van der Waals surface area contributed by atoms with Crippen LogP contribution in [-0.2, 0) is 6.54 Å². The van der Waals surface area contributed by atoms with E-state index in [1.54, 1.807) is 0 Å². The third-order valence-electron chi connectivity index (χ3n) is 4.51. The van der Waals surface area contributed by atoms with Gasteiger partial charge in [-0.1, -0.05) is 29.8 Å². The van der Waals surface area contributed by atoms with Crippen LogP contribution in [0.1, 0.15) is 30.1 Å². The predicted octanol–water partition coefficient (Wildman–Crippen LogP) is 3.76. The molecule has 2 aromatic heterocycles. The molecule has 4 rings (SSSR count). The number of halogens is 1.